The number of hydrogen-bond acceptors (Lipinski definition) is 3. The van der Waals surface area contributed by atoms with Gasteiger partial charge < -0.3 is 14.6 Å². The quantitative estimate of drug-likeness (QED) is 0.808. The van der Waals surface area contributed by atoms with Crippen LogP contribution in [0.1, 0.15) is 46.3 Å². The summed E-state index contributed by atoms with van der Waals surface area (Å²) >= 11 is 0. The third-order valence-electron chi connectivity index (χ3n) is 4.42. The summed E-state index contributed by atoms with van der Waals surface area (Å²) in [5, 5.41) is 4.45. The Morgan fingerprint density at radius 1 is 1.42 bits per heavy atom. The highest BCUT2D eigenvalue weighted by atomic mass is 16.5. The zero-order chi connectivity index (χ0) is 17.7. The molecule has 0 spiro atoms. The third-order valence-corrected chi connectivity index (χ3v) is 4.42. The molecule has 2 heterocycles. The number of H-pyrrole nitrogens is 1. The molecule has 0 unspecified atom stereocenters. The highest BCUT2D eigenvalue weighted by Gasteiger charge is 2.22. The molecule has 1 amide bonds. The number of methoxy groups -OCH3 is 1. The number of aromatic nitrogens is 3. The normalized spacial score (nSPS) is 11.0. The number of amides is 1. The van der Waals surface area contributed by atoms with Gasteiger partial charge in [0.15, 0.2) is 0 Å². The average Bonchev–Trinajstić information content (AvgIpc) is 3.10. The first-order valence-corrected chi connectivity index (χ1v) is 8.43. The minimum absolute atomic E-state index is 0.0411. The number of nitrogens with zero attached hydrogens (tertiary/aromatic N) is 3. The van der Waals surface area contributed by atoms with Crippen molar-refractivity contribution in [2.45, 2.75) is 40.2 Å². The molecule has 0 aliphatic rings. The monoisotopic (exact) mass is 332 g/mol. The predicted molar refractivity (Wildman–Crippen MR) is 94.1 cm³/mol. The number of ether oxygens (including phenoxy) is 1. The number of rotatable bonds is 8. The van der Waals surface area contributed by atoms with Crippen molar-refractivity contribution >= 4 is 5.91 Å². The van der Waals surface area contributed by atoms with E-state index in [0.717, 1.165) is 41.1 Å². The van der Waals surface area contributed by atoms with Crippen LogP contribution in [-0.2, 0) is 24.8 Å². The van der Waals surface area contributed by atoms with Gasteiger partial charge in [-0.25, -0.2) is 0 Å². The molecule has 132 valence electrons. The fourth-order valence-electron chi connectivity index (χ4n) is 2.92. The maximum absolute atomic E-state index is 13.1. The Kier molecular flexibility index (Phi) is 6.20. The lowest BCUT2D eigenvalue weighted by molar-refractivity contribution is 0.0679. The van der Waals surface area contributed by atoms with Crippen LogP contribution >= 0.6 is 0 Å². The molecule has 2 aromatic rings. The predicted octanol–water partition coefficient (Wildman–Crippen LogP) is 2.61. The molecule has 1 N–H and O–H groups in total. The molecule has 2 aromatic heterocycles. The Morgan fingerprint density at radius 2 is 2.17 bits per heavy atom. The minimum atomic E-state index is 0.0411. The van der Waals surface area contributed by atoms with Gasteiger partial charge >= 0.3 is 0 Å². The standard InChI is InChI=1S/C18H28N4O2/c1-6-7-17-15(8-9-19-17)18(23)22(10-11-24-5)12-16-13(2)20-21(4)14(16)3/h8-9,19H,6-7,10-12H2,1-5H3. The molecule has 0 aliphatic carbocycles. The van der Waals surface area contributed by atoms with E-state index < -0.39 is 0 Å². The van der Waals surface area contributed by atoms with Gasteiger partial charge in [0.1, 0.15) is 0 Å². The van der Waals surface area contributed by atoms with Crippen molar-refractivity contribution in [2.24, 2.45) is 7.05 Å². The second-order valence-corrected chi connectivity index (χ2v) is 6.11. The molecular weight excluding hydrogens is 304 g/mol. The van der Waals surface area contributed by atoms with E-state index in [2.05, 4.69) is 17.0 Å². The van der Waals surface area contributed by atoms with E-state index in [1.54, 1.807) is 7.11 Å². The van der Waals surface area contributed by atoms with Crippen molar-refractivity contribution in [2.75, 3.05) is 20.3 Å². The minimum Gasteiger partial charge on any atom is -0.383 e. The van der Waals surface area contributed by atoms with E-state index in [0.29, 0.717) is 19.7 Å². The maximum Gasteiger partial charge on any atom is 0.256 e. The summed E-state index contributed by atoms with van der Waals surface area (Å²) in [7, 11) is 3.58. The zero-order valence-corrected chi connectivity index (χ0v) is 15.3. The largest absolute Gasteiger partial charge is 0.383 e. The number of hydrogen-bond donors (Lipinski definition) is 1. The number of aromatic amines is 1. The van der Waals surface area contributed by atoms with Crippen molar-refractivity contribution in [3.63, 3.8) is 0 Å². The van der Waals surface area contributed by atoms with Gasteiger partial charge in [0, 0.05) is 50.4 Å². The van der Waals surface area contributed by atoms with Gasteiger partial charge in [-0.05, 0) is 26.3 Å². The van der Waals surface area contributed by atoms with Gasteiger partial charge in [-0.15, -0.1) is 0 Å². The lowest BCUT2D eigenvalue weighted by Gasteiger charge is -2.23. The van der Waals surface area contributed by atoms with Crippen LogP contribution in [0.4, 0.5) is 0 Å². The van der Waals surface area contributed by atoms with Crippen LogP contribution in [0.15, 0.2) is 12.3 Å². The molecule has 0 aliphatic heterocycles. The zero-order valence-electron chi connectivity index (χ0n) is 15.3. The van der Waals surface area contributed by atoms with Crippen molar-refractivity contribution < 1.29 is 9.53 Å². The van der Waals surface area contributed by atoms with Crippen molar-refractivity contribution in [1.82, 2.24) is 19.7 Å². The van der Waals surface area contributed by atoms with Crippen LogP contribution < -0.4 is 0 Å². The van der Waals surface area contributed by atoms with Crippen LogP contribution in [0, 0.1) is 13.8 Å². The Hall–Kier alpha value is -2.08. The van der Waals surface area contributed by atoms with Gasteiger partial charge in [0.25, 0.3) is 5.91 Å². The first-order valence-electron chi connectivity index (χ1n) is 8.43. The molecule has 24 heavy (non-hydrogen) atoms. The summed E-state index contributed by atoms with van der Waals surface area (Å²) in [6.45, 7) is 7.75. The second-order valence-electron chi connectivity index (χ2n) is 6.11. The Labute approximate surface area is 143 Å². The molecule has 6 nitrogen and oxygen atoms in total. The molecule has 0 radical (unpaired) electrons. The molecule has 0 saturated carbocycles. The second kappa shape index (κ2) is 8.15. The van der Waals surface area contributed by atoms with Gasteiger partial charge in [-0.1, -0.05) is 13.3 Å². The molecule has 0 aromatic carbocycles. The Bertz CT molecular complexity index is 687. The van der Waals surface area contributed by atoms with E-state index >= 15 is 0 Å². The summed E-state index contributed by atoms with van der Waals surface area (Å²) in [4.78, 5) is 18.1. The Balaban J connectivity index is 2.27. The van der Waals surface area contributed by atoms with Crippen molar-refractivity contribution in [1.29, 1.82) is 0 Å². The van der Waals surface area contributed by atoms with Gasteiger partial charge in [0.05, 0.1) is 17.9 Å². The SMILES string of the molecule is CCCc1[nH]ccc1C(=O)N(CCOC)Cc1c(C)nn(C)c1C. The molecule has 6 heteroatoms. The maximum atomic E-state index is 13.1. The Morgan fingerprint density at radius 3 is 2.75 bits per heavy atom. The summed E-state index contributed by atoms with van der Waals surface area (Å²) < 4.78 is 7.06. The molecule has 2 rings (SSSR count). The van der Waals surface area contributed by atoms with Gasteiger partial charge in [0.2, 0.25) is 0 Å². The van der Waals surface area contributed by atoms with Crippen molar-refractivity contribution in [3.8, 4) is 0 Å². The van der Waals surface area contributed by atoms with Gasteiger partial charge in [-0.2, -0.15) is 5.10 Å². The third kappa shape index (κ3) is 3.87. The molecule has 0 fully saturated rings. The summed E-state index contributed by atoms with van der Waals surface area (Å²) in [5.41, 5.74) is 4.92. The lowest BCUT2D eigenvalue weighted by atomic mass is 10.1. The number of carbonyl (C=O) groups is 1. The van der Waals surface area contributed by atoms with Crippen LogP contribution in [0.2, 0.25) is 0 Å². The summed E-state index contributed by atoms with van der Waals surface area (Å²) in [6, 6.07) is 1.87. The molecule has 0 saturated heterocycles. The molecule has 0 atom stereocenters. The number of nitrogens with one attached hydrogen (secondary N) is 1. The average molecular weight is 332 g/mol. The smallest absolute Gasteiger partial charge is 0.256 e. The van der Waals surface area contributed by atoms with E-state index in [9.17, 15) is 4.79 Å². The number of aryl methyl sites for hydroxylation is 3. The first-order chi connectivity index (χ1) is 11.5. The first kappa shape index (κ1) is 18.3. The number of carbonyl (C=O) groups excluding carboxylic acids is 1. The highest BCUT2D eigenvalue weighted by molar-refractivity contribution is 5.95. The van der Waals surface area contributed by atoms with Crippen LogP contribution in [-0.4, -0.2) is 45.8 Å². The molecular formula is C18H28N4O2. The van der Waals surface area contributed by atoms with Crippen LogP contribution in [0.3, 0.4) is 0 Å². The van der Waals surface area contributed by atoms with E-state index in [1.807, 2.05) is 42.7 Å². The summed E-state index contributed by atoms with van der Waals surface area (Å²) in [6.07, 6.45) is 3.71. The highest BCUT2D eigenvalue weighted by Crippen LogP contribution is 2.18. The fourth-order valence-corrected chi connectivity index (χ4v) is 2.92. The van der Waals surface area contributed by atoms with Crippen LogP contribution in [0.5, 0.6) is 0 Å². The fraction of sp³-hybridized carbons (Fsp3) is 0.556. The summed E-state index contributed by atoms with van der Waals surface area (Å²) in [5.74, 6) is 0.0411. The van der Waals surface area contributed by atoms with Gasteiger partial charge in [-0.3, -0.25) is 9.48 Å². The van der Waals surface area contributed by atoms with E-state index in [-0.39, 0.29) is 5.91 Å². The molecule has 0 bridgehead atoms. The van der Waals surface area contributed by atoms with E-state index in [1.165, 1.54) is 0 Å². The lowest BCUT2D eigenvalue weighted by Crippen LogP contribution is -2.34. The topological polar surface area (TPSA) is 63.1 Å². The van der Waals surface area contributed by atoms with Crippen LogP contribution in [0.25, 0.3) is 0 Å². The van der Waals surface area contributed by atoms with Crippen molar-refractivity contribution in [3.05, 3.63) is 40.5 Å². The van der Waals surface area contributed by atoms with E-state index in [4.69, 9.17) is 4.74 Å².